The first-order valence-electron chi connectivity index (χ1n) is 10.2. The van der Waals surface area contributed by atoms with Crippen LogP contribution in [0.15, 0.2) is 73.1 Å². The molecule has 3 heterocycles. The van der Waals surface area contributed by atoms with Gasteiger partial charge in [-0.1, -0.05) is 17.3 Å². The molecule has 0 spiro atoms. The van der Waals surface area contributed by atoms with Crippen LogP contribution in [0, 0.1) is 17.1 Å². The number of benzene rings is 3. The van der Waals surface area contributed by atoms with Crippen LogP contribution in [0.2, 0.25) is 0 Å². The molecule has 0 saturated heterocycles. The molecule has 158 valence electrons. The van der Waals surface area contributed by atoms with E-state index in [1.165, 1.54) is 6.07 Å². The molecule has 0 fully saturated rings. The first-order chi connectivity index (χ1) is 16.2. The summed E-state index contributed by atoms with van der Waals surface area (Å²) in [6.07, 6.45) is 3.42. The van der Waals surface area contributed by atoms with Crippen molar-refractivity contribution in [3.8, 4) is 23.0 Å². The van der Waals surface area contributed by atoms with Crippen molar-refractivity contribution in [2.24, 2.45) is 0 Å². The highest BCUT2D eigenvalue weighted by atomic mass is 19.1. The van der Waals surface area contributed by atoms with Gasteiger partial charge in [-0.3, -0.25) is 9.78 Å². The van der Waals surface area contributed by atoms with Gasteiger partial charge in [0, 0.05) is 17.1 Å². The van der Waals surface area contributed by atoms with Crippen molar-refractivity contribution in [1.82, 2.24) is 35.0 Å². The largest absolute Gasteiger partial charge is 0.278 e. The summed E-state index contributed by atoms with van der Waals surface area (Å²) < 4.78 is 18.4. The minimum absolute atomic E-state index is 0.196. The molecule has 0 unspecified atom stereocenters. The minimum atomic E-state index is -0.456. The number of hydrogen-bond acceptors (Lipinski definition) is 5. The third-order valence-electron chi connectivity index (χ3n) is 5.60. The average Bonchev–Trinajstić information content (AvgIpc) is 3.58. The van der Waals surface area contributed by atoms with Gasteiger partial charge in [0.2, 0.25) is 0 Å². The summed E-state index contributed by atoms with van der Waals surface area (Å²) in [6, 6.07) is 20.3. The Morgan fingerprint density at radius 3 is 2.76 bits per heavy atom. The van der Waals surface area contributed by atoms with E-state index in [4.69, 9.17) is 5.26 Å². The van der Waals surface area contributed by atoms with Crippen LogP contribution < -0.4 is 0 Å². The van der Waals surface area contributed by atoms with Crippen molar-refractivity contribution in [1.29, 1.82) is 5.26 Å². The van der Waals surface area contributed by atoms with E-state index in [1.54, 1.807) is 33.9 Å². The van der Waals surface area contributed by atoms with Crippen LogP contribution in [-0.4, -0.2) is 35.0 Å². The average molecular weight is 434 g/mol. The fourth-order valence-corrected chi connectivity index (χ4v) is 3.94. The summed E-state index contributed by atoms with van der Waals surface area (Å²) in [6.45, 7) is 0.488. The Bertz CT molecular complexity index is 1670. The van der Waals surface area contributed by atoms with Crippen LogP contribution in [0.4, 0.5) is 4.39 Å². The highest BCUT2D eigenvalue weighted by Gasteiger charge is 2.16. The van der Waals surface area contributed by atoms with Gasteiger partial charge >= 0.3 is 0 Å². The van der Waals surface area contributed by atoms with E-state index in [0.29, 0.717) is 23.2 Å². The van der Waals surface area contributed by atoms with Crippen molar-refractivity contribution in [2.45, 2.75) is 6.54 Å². The lowest BCUT2D eigenvalue weighted by Crippen LogP contribution is -2.04. The second-order valence-electron chi connectivity index (χ2n) is 7.65. The molecule has 0 atom stereocenters. The van der Waals surface area contributed by atoms with Crippen molar-refractivity contribution in [2.75, 3.05) is 0 Å². The van der Waals surface area contributed by atoms with Gasteiger partial charge in [-0.05, 0) is 54.1 Å². The maximum Gasteiger partial charge on any atom is 0.153 e. The van der Waals surface area contributed by atoms with E-state index in [-0.39, 0.29) is 5.52 Å². The Morgan fingerprint density at radius 2 is 1.91 bits per heavy atom. The number of hydrogen-bond donors (Lipinski definition) is 1. The molecule has 0 amide bonds. The number of aromatic amines is 1. The van der Waals surface area contributed by atoms with Gasteiger partial charge in [0.1, 0.15) is 5.52 Å². The molecule has 6 rings (SSSR count). The van der Waals surface area contributed by atoms with Crippen molar-refractivity contribution < 1.29 is 4.39 Å². The first kappa shape index (κ1) is 18.9. The molecule has 1 N–H and O–H groups in total. The van der Waals surface area contributed by atoms with Gasteiger partial charge in [0.05, 0.1) is 46.8 Å². The molecule has 3 aromatic heterocycles. The summed E-state index contributed by atoms with van der Waals surface area (Å²) in [7, 11) is 0. The van der Waals surface area contributed by atoms with Crippen LogP contribution in [-0.2, 0) is 6.54 Å². The fourth-order valence-electron chi connectivity index (χ4n) is 3.94. The molecule has 0 aliphatic heterocycles. The Balaban J connectivity index is 1.43. The minimum Gasteiger partial charge on any atom is -0.278 e. The lowest BCUT2D eigenvalue weighted by atomic mass is 10.1. The standard InChI is InChI=1S/C24H15FN8/c25-20-9-18(22-7-8-28-32(22)14-16-3-1-15(12-26)2-4-16)10-23-24(20)30-31-33(23)19-6-5-17-13-27-29-21(17)11-19/h1-11,13H,14H2,(H,27,29). The Hall–Kier alpha value is -4.84. The molecule has 0 bridgehead atoms. The highest BCUT2D eigenvalue weighted by Crippen LogP contribution is 2.28. The number of nitrogens with zero attached hydrogens (tertiary/aromatic N) is 7. The summed E-state index contributed by atoms with van der Waals surface area (Å²) in [5.74, 6) is -0.456. The Morgan fingerprint density at radius 1 is 1.03 bits per heavy atom. The fraction of sp³-hybridized carbons (Fsp3) is 0.0417. The van der Waals surface area contributed by atoms with Gasteiger partial charge in [-0.15, -0.1) is 5.10 Å². The third-order valence-corrected chi connectivity index (χ3v) is 5.60. The van der Waals surface area contributed by atoms with Gasteiger partial charge in [-0.25, -0.2) is 9.07 Å². The van der Waals surface area contributed by atoms with Crippen molar-refractivity contribution in [3.63, 3.8) is 0 Å². The molecular formula is C24H15FN8. The quantitative estimate of drug-likeness (QED) is 0.448. The molecule has 3 aromatic carbocycles. The zero-order chi connectivity index (χ0) is 22.4. The number of H-pyrrole nitrogens is 1. The first-order valence-corrected chi connectivity index (χ1v) is 10.2. The van der Waals surface area contributed by atoms with E-state index in [1.807, 2.05) is 42.5 Å². The van der Waals surface area contributed by atoms with Gasteiger partial charge < -0.3 is 0 Å². The smallest absolute Gasteiger partial charge is 0.153 e. The molecule has 0 aliphatic rings. The van der Waals surface area contributed by atoms with Crippen LogP contribution in [0.5, 0.6) is 0 Å². The number of nitriles is 1. The molecule has 0 saturated carbocycles. The number of rotatable bonds is 4. The van der Waals surface area contributed by atoms with Crippen molar-refractivity contribution >= 4 is 21.9 Å². The molecule has 0 aliphatic carbocycles. The topological polar surface area (TPSA) is 101 Å². The molecular weight excluding hydrogens is 419 g/mol. The van der Waals surface area contributed by atoms with E-state index < -0.39 is 5.82 Å². The number of halogens is 1. The summed E-state index contributed by atoms with van der Waals surface area (Å²) in [5, 5.41) is 29.6. The SMILES string of the molecule is N#Cc1ccc(Cn2nccc2-c2cc(F)c3nnn(-c4ccc5cn[nH]c5c4)c3c2)cc1. The van der Waals surface area contributed by atoms with Crippen LogP contribution in [0.25, 0.3) is 38.9 Å². The lowest BCUT2D eigenvalue weighted by molar-refractivity contribution is 0.635. The number of nitrogens with one attached hydrogen (secondary N) is 1. The lowest BCUT2D eigenvalue weighted by Gasteiger charge is -2.09. The van der Waals surface area contributed by atoms with Gasteiger partial charge in [0.15, 0.2) is 5.82 Å². The molecule has 6 aromatic rings. The van der Waals surface area contributed by atoms with Crippen LogP contribution >= 0.6 is 0 Å². The zero-order valence-corrected chi connectivity index (χ0v) is 17.1. The van der Waals surface area contributed by atoms with Crippen molar-refractivity contribution in [3.05, 3.63) is 90.0 Å². The maximum absolute atomic E-state index is 15.0. The Labute approximate surface area is 186 Å². The molecule has 8 nitrogen and oxygen atoms in total. The monoisotopic (exact) mass is 434 g/mol. The van der Waals surface area contributed by atoms with E-state index in [0.717, 1.165) is 27.8 Å². The second-order valence-corrected chi connectivity index (χ2v) is 7.65. The van der Waals surface area contributed by atoms with E-state index in [2.05, 4.69) is 31.7 Å². The predicted molar refractivity (Wildman–Crippen MR) is 120 cm³/mol. The predicted octanol–water partition coefficient (Wildman–Crippen LogP) is 4.22. The highest BCUT2D eigenvalue weighted by molar-refractivity contribution is 5.85. The molecule has 33 heavy (non-hydrogen) atoms. The van der Waals surface area contributed by atoms with E-state index in [9.17, 15) is 0 Å². The second kappa shape index (κ2) is 7.39. The molecule has 9 heteroatoms. The molecule has 0 radical (unpaired) electrons. The van der Waals surface area contributed by atoms with E-state index >= 15 is 4.39 Å². The van der Waals surface area contributed by atoms with Gasteiger partial charge in [0.25, 0.3) is 0 Å². The van der Waals surface area contributed by atoms with Gasteiger partial charge in [-0.2, -0.15) is 15.5 Å². The van der Waals surface area contributed by atoms with Crippen LogP contribution in [0.3, 0.4) is 0 Å². The summed E-state index contributed by atoms with van der Waals surface area (Å²) >= 11 is 0. The summed E-state index contributed by atoms with van der Waals surface area (Å²) in [5.41, 5.74) is 5.36. The number of aromatic nitrogens is 7. The summed E-state index contributed by atoms with van der Waals surface area (Å²) in [4.78, 5) is 0. The normalized spacial score (nSPS) is 11.3. The zero-order valence-electron chi connectivity index (χ0n) is 17.1. The third kappa shape index (κ3) is 3.21. The Kier molecular flexibility index (Phi) is 4.23. The number of fused-ring (bicyclic) bond motifs is 2. The maximum atomic E-state index is 15.0. The van der Waals surface area contributed by atoms with Crippen LogP contribution in [0.1, 0.15) is 11.1 Å².